The van der Waals surface area contributed by atoms with Crippen molar-refractivity contribution in [3.63, 3.8) is 0 Å². The van der Waals surface area contributed by atoms with Crippen LogP contribution in [0.2, 0.25) is 0 Å². The summed E-state index contributed by atoms with van der Waals surface area (Å²) in [5.41, 5.74) is 0.515. The predicted molar refractivity (Wildman–Crippen MR) is 76.7 cm³/mol. The molecule has 1 aliphatic heterocycles. The number of carbonyl (C=O) groups excluding carboxylic acids is 1. The second-order valence-corrected chi connectivity index (χ2v) is 5.69. The van der Waals surface area contributed by atoms with Gasteiger partial charge in [-0.05, 0) is 38.9 Å². The van der Waals surface area contributed by atoms with Crippen LogP contribution in [0, 0.1) is 12.8 Å². The van der Waals surface area contributed by atoms with Gasteiger partial charge in [-0.3, -0.25) is 0 Å². The fraction of sp³-hybridized carbons (Fsp3) is 0.667. The molecule has 1 aromatic heterocycles. The van der Waals surface area contributed by atoms with E-state index in [4.69, 9.17) is 9.15 Å². The van der Waals surface area contributed by atoms with Crippen LogP contribution in [0.5, 0.6) is 0 Å². The zero-order valence-corrected chi connectivity index (χ0v) is 12.7. The van der Waals surface area contributed by atoms with Crippen LogP contribution in [0.3, 0.4) is 0 Å². The Labute approximate surface area is 120 Å². The highest BCUT2D eigenvalue weighted by Gasteiger charge is 2.24. The van der Waals surface area contributed by atoms with Gasteiger partial charge in [0.1, 0.15) is 17.1 Å². The van der Waals surface area contributed by atoms with Gasteiger partial charge in [0.2, 0.25) is 0 Å². The van der Waals surface area contributed by atoms with E-state index >= 15 is 0 Å². The average Bonchev–Trinajstić information content (AvgIpc) is 2.78. The zero-order valence-electron chi connectivity index (χ0n) is 12.7. The third-order valence-electron chi connectivity index (χ3n) is 4.02. The average molecular weight is 280 g/mol. The summed E-state index contributed by atoms with van der Waals surface area (Å²) in [6.45, 7) is 6.93. The van der Waals surface area contributed by atoms with Crippen LogP contribution >= 0.6 is 0 Å². The quantitative estimate of drug-likeness (QED) is 0.852. The second-order valence-electron chi connectivity index (χ2n) is 5.69. The van der Waals surface area contributed by atoms with Crippen molar-refractivity contribution in [2.75, 3.05) is 27.2 Å². The lowest BCUT2D eigenvalue weighted by Crippen LogP contribution is -2.46. The molecule has 2 atom stereocenters. The number of hydrogen-bond acceptors (Lipinski definition) is 5. The molecule has 1 aromatic rings. The molecule has 0 amide bonds. The lowest BCUT2D eigenvalue weighted by molar-refractivity contribution is 0.0599. The Bertz CT molecular complexity index is 470. The molecule has 0 saturated carbocycles. The van der Waals surface area contributed by atoms with Gasteiger partial charge in [-0.2, -0.15) is 0 Å². The number of ether oxygens (including phenoxy) is 1. The van der Waals surface area contributed by atoms with Crippen molar-refractivity contribution < 1.29 is 13.9 Å². The lowest BCUT2D eigenvalue weighted by atomic mass is 9.94. The number of hydrogen-bond donors (Lipinski definition) is 1. The van der Waals surface area contributed by atoms with Crippen LogP contribution in [0.1, 0.15) is 35.2 Å². The molecule has 0 bridgehead atoms. The van der Waals surface area contributed by atoms with E-state index in [1.807, 2.05) is 0 Å². The molecule has 1 fully saturated rings. The number of nitrogens with zero attached hydrogens (tertiary/aromatic N) is 1. The van der Waals surface area contributed by atoms with Crippen LogP contribution in [0.4, 0.5) is 0 Å². The molecule has 2 heterocycles. The van der Waals surface area contributed by atoms with Crippen molar-refractivity contribution in [2.24, 2.45) is 5.92 Å². The van der Waals surface area contributed by atoms with Crippen molar-refractivity contribution in [1.29, 1.82) is 0 Å². The van der Waals surface area contributed by atoms with Gasteiger partial charge < -0.3 is 19.4 Å². The van der Waals surface area contributed by atoms with E-state index in [2.05, 4.69) is 24.2 Å². The highest BCUT2D eigenvalue weighted by Crippen LogP contribution is 2.18. The van der Waals surface area contributed by atoms with Gasteiger partial charge in [0.25, 0.3) is 0 Å². The molecule has 1 N–H and O–H groups in total. The number of carbonyl (C=O) groups is 1. The van der Waals surface area contributed by atoms with E-state index in [-0.39, 0.29) is 5.97 Å². The predicted octanol–water partition coefficient (Wildman–Crippen LogP) is 1.80. The number of nitrogens with one attached hydrogen (secondary N) is 1. The van der Waals surface area contributed by atoms with Gasteiger partial charge in [0.15, 0.2) is 0 Å². The normalized spacial score (nSPS) is 23.8. The molecule has 1 aliphatic rings. The molecule has 5 nitrogen and oxygen atoms in total. The Morgan fingerprint density at radius 1 is 1.60 bits per heavy atom. The topological polar surface area (TPSA) is 54.7 Å². The first kappa shape index (κ1) is 15.1. The number of methoxy groups -OCH3 is 1. The summed E-state index contributed by atoms with van der Waals surface area (Å²) in [7, 11) is 3.54. The second kappa shape index (κ2) is 6.41. The summed E-state index contributed by atoms with van der Waals surface area (Å²) in [5.74, 6) is 1.68. The molecular weight excluding hydrogens is 256 g/mol. The summed E-state index contributed by atoms with van der Waals surface area (Å²) in [5, 5.41) is 3.53. The Kier molecular flexibility index (Phi) is 4.83. The van der Waals surface area contributed by atoms with Gasteiger partial charge in [-0.15, -0.1) is 0 Å². The van der Waals surface area contributed by atoms with Crippen molar-refractivity contribution in [3.8, 4) is 0 Å². The third kappa shape index (κ3) is 3.41. The number of likely N-dealkylation sites (tertiary alicyclic amines) is 1. The minimum Gasteiger partial charge on any atom is -0.465 e. The summed E-state index contributed by atoms with van der Waals surface area (Å²) in [6.07, 6.45) is 1.14. The van der Waals surface area contributed by atoms with Crippen molar-refractivity contribution in [2.45, 2.75) is 32.9 Å². The maximum absolute atomic E-state index is 11.5. The minimum atomic E-state index is -0.342. The maximum Gasteiger partial charge on any atom is 0.341 e. The molecule has 112 valence electrons. The molecule has 5 heteroatoms. The summed E-state index contributed by atoms with van der Waals surface area (Å²) >= 11 is 0. The molecule has 2 rings (SSSR count). The standard InChI is InChI=1S/C15H24N2O3/c1-10-9-17(3)6-5-14(10)16-8-12-7-13(11(2)20-12)15(18)19-4/h7,10,14,16H,5-6,8-9H2,1-4H3. The van der Waals surface area contributed by atoms with Crippen molar-refractivity contribution in [3.05, 3.63) is 23.2 Å². The summed E-state index contributed by atoms with van der Waals surface area (Å²) < 4.78 is 10.3. The third-order valence-corrected chi connectivity index (χ3v) is 4.02. The minimum absolute atomic E-state index is 0.342. The summed E-state index contributed by atoms with van der Waals surface area (Å²) in [4.78, 5) is 13.9. The Hall–Kier alpha value is -1.33. The Balaban J connectivity index is 1.93. The molecule has 1 saturated heterocycles. The largest absolute Gasteiger partial charge is 0.465 e. The summed E-state index contributed by atoms with van der Waals surface area (Å²) in [6, 6.07) is 2.27. The highest BCUT2D eigenvalue weighted by atomic mass is 16.5. The van der Waals surface area contributed by atoms with E-state index in [0.29, 0.717) is 29.8 Å². The molecule has 0 spiro atoms. The van der Waals surface area contributed by atoms with E-state index in [1.54, 1.807) is 13.0 Å². The van der Waals surface area contributed by atoms with Gasteiger partial charge in [-0.1, -0.05) is 6.92 Å². The van der Waals surface area contributed by atoms with Gasteiger partial charge in [0, 0.05) is 12.6 Å². The van der Waals surface area contributed by atoms with E-state index in [9.17, 15) is 4.79 Å². The van der Waals surface area contributed by atoms with E-state index in [1.165, 1.54) is 7.11 Å². The fourth-order valence-corrected chi connectivity index (χ4v) is 2.83. The van der Waals surface area contributed by atoms with Gasteiger partial charge in [-0.25, -0.2) is 4.79 Å². The van der Waals surface area contributed by atoms with Crippen LogP contribution in [0.25, 0.3) is 0 Å². The van der Waals surface area contributed by atoms with Gasteiger partial charge >= 0.3 is 5.97 Å². The number of aryl methyl sites for hydroxylation is 1. The molecule has 0 aromatic carbocycles. The SMILES string of the molecule is COC(=O)c1cc(CNC2CCN(C)CC2C)oc1C. The van der Waals surface area contributed by atoms with E-state index in [0.717, 1.165) is 25.3 Å². The number of furan rings is 1. The first-order valence-corrected chi connectivity index (χ1v) is 7.10. The first-order valence-electron chi connectivity index (χ1n) is 7.10. The zero-order chi connectivity index (χ0) is 14.7. The number of piperidine rings is 1. The maximum atomic E-state index is 11.5. The van der Waals surface area contributed by atoms with Gasteiger partial charge in [0.05, 0.1) is 13.7 Å². The Morgan fingerprint density at radius 2 is 2.35 bits per heavy atom. The van der Waals surface area contributed by atoms with Crippen molar-refractivity contribution >= 4 is 5.97 Å². The molecular formula is C15H24N2O3. The fourth-order valence-electron chi connectivity index (χ4n) is 2.83. The first-order chi connectivity index (χ1) is 9.51. The van der Waals surface area contributed by atoms with Crippen molar-refractivity contribution in [1.82, 2.24) is 10.2 Å². The molecule has 0 radical (unpaired) electrons. The molecule has 2 unspecified atom stereocenters. The number of esters is 1. The van der Waals surface area contributed by atoms with Crippen LogP contribution in [-0.2, 0) is 11.3 Å². The lowest BCUT2D eigenvalue weighted by Gasteiger charge is -2.35. The molecule has 0 aliphatic carbocycles. The smallest absolute Gasteiger partial charge is 0.341 e. The van der Waals surface area contributed by atoms with Crippen LogP contribution < -0.4 is 5.32 Å². The number of rotatable bonds is 4. The van der Waals surface area contributed by atoms with E-state index < -0.39 is 0 Å². The molecule has 20 heavy (non-hydrogen) atoms. The van der Waals surface area contributed by atoms with Crippen LogP contribution in [0.15, 0.2) is 10.5 Å². The van der Waals surface area contributed by atoms with Crippen LogP contribution in [-0.4, -0.2) is 44.2 Å². The Morgan fingerprint density at radius 3 is 3.00 bits per heavy atom. The highest BCUT2D eigenvalue weighted by molar-refractivity contribution is 5.90. The monoisotopic (exact) mass is 280 g/mol.